The molecule has 8 heavy (non-hydrogen) atoms. The van der Waals surface area contributed by atoms with E-state index in [1.165, 1.54) is 0 Å². The third-order valence-electron chi connectivity index (χ3n) is 0.851. The molecule has 44 valence electrons. The van der Waals surface area contributed by atoms with Gasteiger partial charge in [-0.05, 0) is 0 Å². The van der Waals surface area contributed by atoms with Gasteiger partial charge in [-0.15, -0.1) is 0 Å². The monoisotopic (exact) mass is 137 g/mol. The van der Waals surface area contributed by atoms with Gasteiger partial charge in [0.1, 0.15) is 0 Å². The van der Waals surface area contributed by atoms with Crippen molar-refractivity contribution >= 4 is 11.8 Å². The maximum Gasteiger partial charge on any atom is 0.298 e. The van der Waals surface area contributed by atoms with Gasteiger partial charge in [-0.1, -0.05) is 0 Å². The molecule has 0 aromatic heterocycles. The number of rotatable bonds is 0. The first kappa shape index (κ1) is 5.43. The van der Waals surface area contributed by atoms with Gasteiger partial charge in [-0.25, -0.2) is 0 Å². The molecule has 0 amide bonds. The highest BCUT2D eigenvalue weighted by Gasteiger charge is 2.44. The summed E-state index contributed by atoms with van der Waals surface area (Å²) in [6.07, 6.45) is 0. The fraction of sp³-hybridized carbons (Fsp3) is 1.00. The highest BCUT2D eigenvalue weighted by Crippen LogP contribution is 2.01. The van der Waals surface area contributed by atoms with E-state index in [0.717, 1.165) is 0 Å². The van der Waals surface area contributed by atoms with Gasteiger partial charge in [0.25, 0.3) is 13.1 Å². The van der Waals surface area contributed by atoms with Crippen LogP contribution in [-0.2, 0) is 0 Å². The highest BCUT2D eigenvalue weighted by molar-refractivity contribution is 6.11. The Balaban J connectivity index is 2.70. The minimum absolute atomic E-state index is 0.146. The lowest BCUT2D eigenvalue weighted by molar-refractivity contribution is -0.858. The van der Waals surface area contributed by atoms with E-state index in [4.69, 9.17) is 11.8 Å². The largest absolute Gasteiger partial charge is 0.298 e. The Morgan fingerprint density at radius 3 is 1.75 bits per heavy atom. The Hall–Kier alpha value is -0.710. The molecule has 0 aromatic carbocycles. The fourth-order valence-corrected chi connectivity index (χ4v) is 0.599. The Kier molecular flexibility index (Phi) is 1.13. The molecule has 1 aliphatic rings. The molecular formula is C2H4ClN3O2+2. The minimum Gasteiger partial charge on any atom is 0.0579 e. The van der Waals surface area contributed by atoms with Gasteiger partial charge in [0.2, 0.25) is 4.64 Å². The number of nitroso groups, excluding NO2 is 2. The molecule has 0 radical (unpaired) electrons. The van der Waals surface area contributed by atoms with Crippen LogP contribution in [0.5, 0.6) is 0 Å². The Morgan fingerprint density at radius 2 is 1.62 bits per heavy atom. The molecule has 0 N–H and O–H groups in total. The SMILES string of the molecule is O=[N+]1CC[N+](=O)N1Cl. The molecule has 1 rings (SSSR count). The highest BCUT2D eigenvalue weighted by atomic mass is 35.5. The maximum absolute atomic E-state index is 10.3. The summed E-state index contributed by atoms with van der Waals surface area (Å²) in [5.41, 5.74) is 0. The van der Waals surface area contributed by atoms with E-state index in [0.29, 0.717) is 14.4 Å². The van der Waals surface area contributed by atoms with Crippen molar-refractivity contribution in [2.75, 3.05) is 13.1 Å². The molecule has 1 heterocycles. The van der Waals surface area contributed by atoms with E-state index in [1.807, 2.05) is 0 Å². The van der Waals surface area contributed by atoms with Crippen LogP contribution in [0.4, 0.5) is 0 Å². The summed E-state index contributed by atoms with van der Waals surface area (Å²) >= 11 is 5.07. The van der Waals surface area contributed by atoms with Crippen LogP contribution in [-0.4, -0.2) is 27.5 Å². The molecule has 1 saturated heterocycles. The Bertz CT molecular complexity index is 130. The van der Waals surface area contributed by atoms with E-state index >= 15 is 0 Å². The van der Waals surface area contributed by atoms with Gasteiger partial charge in [0.05, 0.1) is 9.81 Å². The molecule has 6 heteroatoms. The fourth-order valence-electron chi connectivity index (χ4n) is 0.447. The summed E-state index contributed by atoms with van der Waals surface area (Å²) in [6.45, 7) is 0.292. The zero-order valence-electron chi connectivity index (χ0n) is 3.95. The van der Waals surface area contributed by atoms with Gasteiger partial charge in [0.15, 0.2) is 21.5 Å². The van der Waals surface area contributed by atoms with Crippen LogP contribution in [0.2, 0.25) is 0 Å². The summed E-state index contributed by atoms with van der Waals surface area (Å²) in [5.74, 6) is 0. The van der Waals surface area contributed by atoms with Crippen molar-refractivity contribution in [3.63, 3.8) is 0 Å². The first-order valence-corrected chi connectivity index (χ1v) is 2.40. The lowest BCUT2D eigenvalue weighted by Gasteiger charge is -1.75. The second kappa shape index (κ2) is 1.66. The van der Waals surface area contributed by atoms with Crippen molar-refractivity contribution in [3.05, 3.63) is 9.81 Å². The molecule has 0 bridgehead atoms. The summed E-state index contributed by atoms with van der Waals surface area (Å²) in [6, 6.07) is 0. The molecule has 0 aliphatic carbocycles. The lowest BCUT2D eigenvalue weighted by atomic mass is 10.7. The quantitative estimate of drug-likeness (QED) is 0.344. The molecule has 0 aromatic rings. The molecule has 0 spiro atoms. The molecule has 1 aliphatic heterocycles. The zero-order valence-corrected chi connectivity index (χ0v) is 4.71. The van der Waals surface area contributed by atoms with Gasteiger partial charge in [0, 0.05) is 0 Å². The first-order chi connectivity index (χ1) is 3.72. The summed E-state index contributed by atoms with van der Waals surface area (Å²) in [5, 5.41) is 0. The average molecular weight is 138 g/mol. The molecule has 5 nitrogen and oxygen atoms in total. The molecule has 0 unspecified atom stereocenters. The van der Waals surface area contributed by atoms with Crippen molar-refractivity contribution in [1.29, 1.82) is 0 Å². The van der Waals surface area contributed by atoms with Crippen LogP contribution < -0.4 is 0 Å². The van der Waals surface area contributed by atoms with Crippen molar-refractivity contribution in [3.8, 4) is 0 Å². The Labute approximate surface area is 50.0 Å². The second-order valence-corrected chi connectivity index (χ2v) is 1.69. The van der Waals surface area contributed by atoms with E-state index in [2.05, 4.69) is 0 Å². The summed E-state index contributed by atoms with van der Waals surface area (Å²) < 4.78 is 0.472. The third kappa shape index (κ3) is 0.645. The topological polar surface area (TPSA) is 43.4 Å². The number of halogens is 1. The third-order valence-corrected chi connectivity index (χ3v) is 1.19. The summed E-state index contributed by atoms with van der Waals surface area (Å²) in [4.78, 5) is 21.3. The molecule has 1 fully saturated rings. The second-order valence-electron chi connectivity index (χ2n) is 1.39. The lowest BCUT2D eigenvalue weighted by Crippen LogP contribution is -2.20. The van der Waals surface area contributed by atoms with Gasteiger partial charge >= 0.3 is 0 Å². The maximum atomic E-state index is 10.3. The van der Waals surface area contributed by atoms with Crippen molar-refractivity contribution < 1.29 is 9.74 Å². The number of nitrogens with zero attached hydrogens (tertiary/aromatic N) is 3. The number of hydrazine groups is 2. The minimum atomic E-state index is 0.146. The summed E-state index contributed by atoms with van der Waals surface area (Å²) in [7, 11) is 0. The first-order valence-electron chi connectivity index (χ1n) is 2.07. The van der Waals surface area contributed by atoms with E-state index < -0.39 is 0 Å². The van der Waals surface area contributed by atoms with Crippen LogP contribution in [0.25, 0.3) is 0 Å². The predicted molar refractivity (Wildman–Crippen MR) is 24.7 cm³/mol. The van der Waals surface area contributed by atoms with Crippen LogP contribution in [0.1, 0.15) is 0 Å². The molecule has 0 saturated carbocycles. The van der Waals surface area contributed by atoms with E-state index in [-0.39, 0.29) is 13.1 Å². The van der Waals surface area contributed by atoms with Crippen LogP contribution in [0.3, 0.4) is 0 Å². The molecule has 0 atom stereocenters. The standard InChI is InChI=1S/C2H4ClN3O2/c3-6-4(7)1-2-5(6)8/h1-2H2/q+2. The van der Waals surface area contributed by atoms with Gasteiger partial charge in [-0.2, -0.15) is 0 Å². The normalized spacial score (nSPS) is 20.4. The number of hydrogen-bond acceptors (Lipinski definition) is 2. The predicted octanol–water partition coefficient (Wildman–Crippen LogP) is -0.156. The zero-order chi connectivity index (χ0) is 6.15. The molecular weight excluding hydrogens is 133 g/mol. The smallest absolute Gasteiger partial charge is 0.0579 e. The van der Waals surface area contributed by atoms with Crippen LogP contribution in [0, 0.1) is 9.81 Å². The van der Waals surface area contributed by atoms with Crippen LogP contribution >= 0.6 is 11.8 Å². The van der Waals surface area contributed by atoms with Crippen molar-refractivity contribution in [1.82, 2.24) is 4.64 Å². The van der Waals surface area contributed by atoms with Gasteiger partial charge < -0.3 is 0 Å². The number of hydrogen-bond donors (Lipinski definition) is 0. The van der Waals surface area contributed by atoms with Gasteiger partial charge in [-0.3, -0.25) is 0 Å². The van der Waals surface area contributed by atoms with Crippen molar-refractivity contribution in [2.45, 2.75) is 0 Å². The van der Waals surface area contributed by atoms with Crippen molar-refractivity contribution in [2.24, 2.45) is 0 Å². The Morgan fingerprint density at radius 1 is 1.25 bits per heavy atom. The van der Waals surface area contributed by atoms with E-state index in [9.17, 15) is 9.81 Å². The average Bonchev–Trinajstić information content (AvgIpc) is 1.98. The van der Waals surface area contributed by atoms with Crippen LogP contribution in [0.15, 0.2) is 0 Å². The van der Waals surface area contributed by atoms with E-state index in [1.54, 1.807) is 0 Å².